The number of anilines is 1. The topological polar surface area (TPSA) is 83.8 Å². The molecule has 0 aromatic carbocycles. The molecule has 0 saturated carbocycles. The number of halogens is 3. The number of hydrogen-bond donors (Lipinski definition) is 3. The molecule has 16 heavy (non-hydrogen) atoms. The third kappa shape index (κ3) is 3.20. The van der Waals surface area contributed by atoms with Gasteiger partial charge in [-0.2, -0.15) is 18.3 Å². The molecule has 0 bridgehead atoms. The second kappa shape index (κ2) is 4.57. The Balaban J connectivity index is 2.46. The Labute approximate surface area is 88.2 Å². The van der Waals surface area contributed by atoms with Crippen molar-refractivity contribution in [3.05, 3.63) is 11.9 Å². The van der Waals surface area contributed by atoms with Gasteiger partial charge in [0.1, 0.15) is 5.69 Å². The van der Waals surface area contributed by atoms with Crippen LogP contribution in [-0.2, 0) is 4.79 Å². The first-order valence-corrected chi connectivity index (χ1v) is 4.04. The zero-order valence-electron chi connectivity index (χ0n) is 7.85. The first-order chi connectivity index (χ1) is 7.41. The monoisotopic (exact) mass is 232 g/mol. The highest BCUT2D eigenvalue weighted by molar-refractivity contribution is 5.81. The molecular formula is C8H7F3N4O. The number of carbonyl (C=O) groups is 1. The van der Waals surface area contributed by atoms with E-state index in [0.29, 0.717) is 5.69 Å². The summed E-state index contributed by atoms with van der Waals surface area (Å²) >= 11 is 0. The molecule has 5 nitrogen and oxygen atoms in total. The standard InChI is InChI=1S/C8H7F3N4O/c9-8(10,11)7(16)13-3-1-2-6-5(12)4-14-15-6/h4H,3,12H2,(H,13,16)(H,14,15). The second-order valence-electron chi connectivity index (χ2n) is 2.68. The van der Waals surface area contributed by atoms with E-state index in [1.807, 2.05) is 0 Å². The predicted octanol–water partition coefficient (Wildman–Crippen LogP) is 0.0219. The van der Waals surface area contributed by atoms with Crippen LogP contribution in [0.4, 0.5) is 18.9 Å². The Morgan fingerprint density at radius 1 is 1.62 bits per heavy atom. The number of carbonyl (C=O) groups excluding carboxylic acids is 1. The van der Waals surface area contributed by atoms with E-state index in [0.717, 1.165) is 0 Å². The first kappa shape index (κ1) is 11.9. The molecule has 0 spiro atoms. The molecule has 1 aromatic rings. The molecule has 0 radical (unpaired) electrons. The number of hydrogen-bond acceptors (Lipinski definition) is 3. The molecule has 0 saturated heterocycles. The van der Waals surface area contributed by atoms with Crippen molar-refractivity contribution < 1.29 is 18.0 Å². The zero-order chi connectivity index (χ0) is 12.2. The van der Waals surface area contributed by atoms with Crippen molar-refractivity contribution in [1.29, 1.82) is 0 Å². The van der Waals surface area contributed by atoms with E-state index in [9.17, 15) is 18.0 Å². The van der Waals surface area contributed by atoms with Crippen molar-refractivity contribution >= 4 is 11.6 Å². The number of alkyl halides is 3. The molecule has 1 amide bonds. The van der Waals surface area contributed by atoms with E-state index in [1.165, 1.54) is 6.20 Å². The van der Waals surface area contributed by atoms with E-state index in [4.69, 9.17) is 5.73 Å². The van der Waals surface area contributed by atoms with Crippen molar-refractivity contribution in [2.45, 2.75) is 6.18 Å². The van der Waals surface area contributed by atoms with Crippen LogP contribution in [0.2, 0.25) is 0 Å². The second-order valence-corrected chi connectivity index (χ2v) is 2.68. The highest BCUT2D eigenvalue weighted by Gasteiger charge is 2.38. The Hall–Kier alpha value is -2.17. The number of aromatic nitrogens is 2. The van der Waals surface area contributed by atoms with Gasteiger partial charge in [-0.25, -0.2) is 0 Å². The summed E-state index contributed by atoms with van der Waals surface area (Å²) in [5, 5.41) is 7.59. The maximum absolute atomic E-state index is 11.7. The molecule has 1 rings (SSSR count). The molecule has 1 heterocycles. The normalized spacial score (nSPS) is 10.4. The molecule has 0 aliphatic heterocycles. The van der Waals surface area contributed by atoms with Crippen molar-refractivity contribution in [2.75, 3.05) is 12.3 Å². The summed E-state index contributed by atoms with van der Waals surface area (Å²) in [5.74, 6) is 2.69. The van der Waals surface area contributed by atoms with E-state index in [2.05, 4.69) is 22.0 Å². The lowest BCUT2D eigenvalue weighted by atomic mass is 10.4. The smallest absolute Gasteiger partial charge is 0.395 e. The number of nitrogens with two attached hydrogens (primary N) is 1. The number of H-pyrrole nitrogens is 1. The number of amides is 1. The highest BCUT2D eigenvalue weighted by atomic mass is 19.4. The van der Waals surface area contributed by atoms with Gasteiger partial charge in [0.15, 0.2) is 0 Å². The third-order valence-electron chi connectivity index (χ3n) is 1.48. The van der Waals surface area contributed by atoms with E-state index in [1.54, 1.807) is 5.32 Å². The predicted molar refractivity (Wildman–Crippen MR) is 48.9 cm³/mol. The summed E-state index contributed by atoms with van der Waals surface area (Å²) in [6.07, 6.45) is -3.58. The first-order valence-electron chi connectivity index (χ1n) is 4.04. The van der Waals surface area contributed by atoms with Crippen molar-refractivity contribution in [3.8, 4) is 11.8 Å². The van der Waals surface area contributed by atoms with Crippen LogP contribution < -0.4 is 11.1 Å². The fourth-order valence-electron chi connectivity index (χ4n) is 0.753. The number of aromatic amines is 1. The molecule has 0 atom stereocenters. The Morgan fingerprint density at radius 3 is 2.81 bits per heavy atom. The number of rotatable bonds is 1. The SMILES string of the molecule is Nc1cn[nH]c1C#CCNC(=O)C(F)(F)F. The van der Waals surface area contributed by atoms with Crippen LogP contribution in [0.5, 0.6) is 0 Å². The fraction of sp³-hybridized carbons (Fsp3) is 0.250. The molecule has 1 aromatic heterocycles. The Kier molecular flexibility index (Phi) is 3.40. The number of nitrogens with one attached hydrogen (secondary N) is 2. The van der Waals surface area contributed by atoms with E-state index in [-0.39, 0.29) is 5.69 Å². The molecule has 86 valence electrons. The minimum atomic E-state index is -4.89. The van der Waals surface area contributed by atoms with E-state index >= 15 is 0 Å². The lowest BCUT2D eigenvalue weighted by Gasteiger charge is -2.03. The largest absolute Gasteiger partial charge is 0.471 e. The summed E-state index contributed by atoms with van der Waals surface area (Å²) in [6.45, 7) is -0.420. The van der Waals surface area contributed by atoms with Gasteiger partial charge >= 0.3 is 12.1 Å². The lowest BCUT2D eigenvalue weighted by Crippen LogP contribution is -2.36. The zero-order valence-corrected chi connectivity index (χ0v) is 7.85. The van der Waals surface area contributed by atoms with Gasteiger partial charge in [0.2, 0.25) is 0 Å². The molecule has 4 N–H and O–H groups in total. The van der Waals surface area contributed by atoms with Crippen LogP contribution in [0, 0.1) is 11.8 Å². The average molecular weight is 232 g/mol. The summed E-state index contributed by atoms with van der Waals surface area (Å²) in [7, 11) is 0. The molecule has 8 heteroatoms. The Morgan fingerprint density at radius 2 is 2.31 bits per heavy atom. The van der Waals surface area contributed by atoms with Gasteiger partial charge in [-0.1, -0.05) is 5.92 Å². The van der Waals surface area contributed by atoms with E-state index < -0.39 is 18.6 Å². The van der Waals surface area contributed by atoms with Gasteiger partial charge in [0.05, 0.1) is 18.4 Å². The van der Waals surface area contributed by atoms with Gasteiger partial charge < -0.3 is 11.1 Å². The number of nitrogens with zero attached hydrogens (tertiary/aromatic N) is 1. The van der Waals surface area contributed by atoms with Crippen LogP contribution >= 0.6 is 0 Å². The van der Waals surface area contributed by atoms with Crippen molar-refractivity contribution in [1.82, 2.24) is 15.5 Å². The van der Waals surface area contributed by atoms with Crippen LogP contribution in [0.25, 0.3) is 0 Å². The Bertz CT molecular complexity index is 440. The lowest BCUT2D eigenvalue weighted by molar-refractivity contribution is -0.173. The van der Waals surface area contributed by atoms with Gasteiger partial charge in [0, 0.05) is 0 Å². The van der Waals surface area contributed by atoms with Crippen LogP contribution in [0.3, 0.4) is 0 Å². The maximum Gasteiger partial charge on any atom is 0.471 e. The summed E-state index contributed by atoms with van der Waals surface area (Å²) in [5.41, 5.74) is 5.97. The molecular weight excluding hydrogens is 225 g/mol. The summed E-state index contributed by atoms with van der Waals surface area (Å²) < 4.78 is 35.2. The van der Waals surface area contributed by atoms with Gasteiger partial charge in [-0.3, -0.25) is 9.89 Å². The van der Waals surface area contributed by atoms with Gasteiger partial charge in [-0.15, -0.1) is 0 Å². The molecule has 0 aliphatic carbocycles. The minimum absolute atomic E-state index is 0.287. The van der Waals surface area contributed by atoms with Crippen LogP contribution in [0.1, 0.15) is 5.69 Å². The fourth-order valence-corrected chi connectivity index (χ4v) is 0.753. The number of nitrogen functional groups attached to an aromatic ring is 1. The third-order valence-corrected chi connectivity index (χ3v) is 1.48. The maximum atomic E-state index is 11.7. The summed E-state index contributed by atoms with van der Waals surface area (Å²) in [6, 6.07) is 0. The van der Waals surface area contributed by atoms with Gasteiger partial charge in [0.25, 0.3) is 0 Å². The summed E-state index contributed by atoms with van der Waals surface area (Å²) in [4.78, 5) is 10.3. The van der Waals surface area contributed by atoms with Crippen LogP contribution in [-0.4, -0.2) is 28.8 Å². The van der Waals surface area contributed by atoms with Gasteiger partial charge in [-0.05, 0) is 5.92 Å². The van der Waals surface area contributed by atoms with Crippen molar-refractivity contribution in [3.63, 3.8) is 0 Å². The van der Waals surface area contributed by atoms with Crippen molar-refractivity contribution in [2.24, 2.45) is 0 Å². The highest BCUT2D eigenvalue weighted by Crippen LogP contribution is 2.13. The quantitative estimate of drug-likeness (QED) is 0.597. The average Bonchev–Trinajstić information content (AvgIpc) is 2.57. The molecule has 0 fully saturated rings. The minimum Gasteiger partial charge on any atom is -0.395 e. The molecule has 0 unspecified atom stereocenters. The van der Waals surface area contributed by atoms with Crippen LogP contribution in [0.15, 0.2) is 6.20 Å². The molecule has 0 aliphatic rings.